The Labute approximate surface area is 149 Å². The quantitative estimate of drug-likeness (QED) is 0.574. The minimum atomic E-state index is 0. The van der Waals surface area contributed by atoms with Crippen LogP contribution in [0.5, 0.6) is 0 Å². The summed E-state index contributed by atoms with van der Waals surface area (Å²) in [5.74, 6) is 0. The van der Waals surface area contributed by atoms with Crippen molar-refractivity contribution in [2.24, 2.45) is 0 Å². The lowest BCUT2D eigenvalue weighted by atomic mass is 9.99. The summed E-state index contributed by atoms with van der Waals surface area (Å²) < 4.78 is 0.920. The van der Waals surface area contributed by atoms with Crippen LogP contribution in [0.4, 0.5) is 0 Å². The first-order chi connectivity index (χ1) is 9.31. The lowest BCUT2D eigenvalue weighted by Crippen LogP contribution is -2.45. The molecule has 0 aromatic carbocycles. The van der Waals surface area contributed by atoms with Crippen molar-refractivity contribution in [3.63, 3.8) is 0 Å². The molecule has 1 aliphatic rings. The van der Waals surface area contributed by atoms with Crippen LogP contribution < -0.4 is 5.32 Å². The van der Waals surface area contributed by atoms with Crippen LogP contribution in [0.1, 0.15) is 44.2 Å². The molecule has 1 fully saturated rings. The topological polar surface area (TPSA) is 28.2 Å². The molecule has 0 saturated carbocycles. The van der Waals surface area contributed by atoms with Gasteiger partial charge in [-0.3, -0.25) is 4.90 Å². The standard InChI is InChI=1S/C15H24BrN3.2ClH/c1-2-3-4-5-14(19-10-8-17-9-11-19)13-6-7-15(16)18-12-13;;/h6-7,12,14,17H,2-5,8-11H2,1H3;2*1H/t14-;;/m0../s1. The molecule has 2 heterocycles. The Morgan fingerprint density at radius 2 is 1.95 bits per heavy atom. The third-order valence-electron chi connectivity index (χ3n) is 3.81. The lowest BCUT2D eigenvalue weighted by Gasteiger charge is -2.35. The Balaban J connectivity index is 0.00000200. The van der Waals surface area contributed by atoms with Crippen molar-refractivity contribution < 1.29 is 0 Å². The molecular formula is C15H26BrCl2N3. The van der Waals surface area contributed by atoms with Crippen LogP contribution in [0.25, 0.3) is 0 Å². The molecule has 1 aromatic rings. The molecule has 2 rings (SSSR count). The number of aromatic nitrogens is 1. The number of halogens is 3. The number of nitrogens with one attached hydrogen (secondary N) is 1. The molecule has 0 amide bonds. The van der Waals surface area contributed by atoms with E-state index in [4.69, 9.17) is 0 Å². The van der Waals surface area contributed by atoms with E-state index in [0.29, 0.717) is 6.04 Å². The number of pyridine rings is 1. The SMILES string of the molecule is CCCCC[C@@H](c1ccc(Br)nc1)N1CCNCC1.Cl.Cl. The van der Waals surface area contributed by atoms with E-state index < -0.39 is 0 Å². The maximum absolute atomic E-state index is 4.40. The van der Waals surface area contributed by atoms with Gasteiger partial charge in [-0.05, 0) is 34.0 Å². The maximum Gasteiger partial charge on any atom is 0.106 e. The summed E-state index contributed by atoms with van der Waals surface area (Å²) in [5.41, 5.74) is 1.36. The largest absolute Gasteiger partial charge is 0.314 e. The van der Waals surface area contributed by atoms with Crippen LogP contribution in [0.2, 0.25) is 0 Å². The van der Waals surface area contributed by atoms with Crippen molar-refractivity contribution >= 4 is 40.7 Å². The highest BCUT2D eigenvalue weighted by Gasteiger charge is 2.21. The van der Waals surface area contributed by atoms with E-state index in [1.54, 1.807) is 0 Å². The van der Waals surface area contributed by atoms with E-state index in [9.17, 15) is 0 Å². The molecule has 1 aliphatic heterocycles. The van der Waals surface area contributed by atoms with Crippen molar-refractivity contribution in [3.8, 4) is 0 Å². The van der Waals surface area contributed by atoms with E-state index in [1.165, 1.54) is 31.2 Å². The zero-order valence-corrected chi connectivity index (χ0v) is 15.8. The lowest BCUT2D eigenvalue weighted by molar-refractivity contribution is 0.162. The second-order valence-corrected chi connectivity index (χ2v) is 6.02. The first-order valence-electron chi connectivity index (χ1n) is 7.37. The second-order valence-electron chi connectivity index (χ2n) is 5.21. The average Bonchev–Trinajstić information content (AvgIpc) is 2.46. The molecule has 0 spiro atoms. The third-order valence-corrected chi connectivity index (χ3v) is 4.28. The van der Waals surface area contributed by atoms with Gasteiger partial charge in [0.1, 0.15) is 4.60 Å². The van der Waals surface area contributed by atoms with Crippen molar-refractivity contribution in [1.29, 1.82) is 0 Å². The van der Waals surface area contributed by atoms with Crippen molar-refractivity contribution in [2.45, 2.75) is 38.6 Å². The summed E-state index contributed by atoms with van der Waals surface area (Å²) in [6.07, 6.45) is 7.19. The van der Waals surface area contributed by atoms with Crippen LogP contribution in [0, 0.1) is 0 Å². The molecule has 1 aromatic heterocycles. The van der Waals surface area contributed by atoms with E-state index in [2.05, 4.69) is 50.2 Å². The predicted molar refractivity (Wildman–Crippen MR) is 97.8 cm³/mol. The Kier molecular flexibility index (Phi) is 11.7. The number of unbranched alkanes of at least 4 members (excludes halogenated alkanes) is 2. The summed E-state index contributed by atoms with van der Waals surface area (Å²) >= 11 is 3.42. The summed E-state index contributed by atoms with van der Waals surface area (Å²) in [4.78, 5) is 7.01. The first kappa shape index (κ1) is 21.1. The van der Waals surface area contributed by atoms with Gasteiger partial charge in [-0.25, -0.2) is 4.98 Å². The van der Waals surface area contributed by atoms with Crippen molar-refractivity contribution in [2.75, 3.05) is 26.2 Å². The highest BCUT2D eigenvalue weighted by molar-refractivity contribution is 9.10. The van der Waals surface area contributed by atoms with Gasteiger partial charge in [0, 0.05) is 38.4 Å². The molecule has 0 bridgehead atoms. The van der Waals surface area contributed by atoms with Gasteiger partial charge >= 0.3 is 0 Å². The number of hydrogen-bond acceptors (Lipinski definition) is 3. The molecule has 1 saturated heterocycles. The smallest absolute Gasteiger partial charge is 0.106 e. The number of piperazine rings is 1. The summed E-state index contributed by atoms with van der Waals surface area (Å²) in [5, 5.41) is 3.43. The minimum absolute atomic E-state index is 0. The Morgan fingerprint density at radius 1 is 1.24 bits per heavy atom. The minimum Gasteiger partial charge on any atom is -0.314 e. The highest BCUT2D eigenvalue weighted by Crippen LogP contribution is 2.27. The second kappa shape index (κ2) is 11.7. The Morgan fingerprint density at radius 3 is 2.52 bits per heavy atom. The fraction of sp³-hybridized carbons (Fsp3) is 0.667. The summed E-state index contributed by atoms with van der Waals surface area (Å²) in [6, 6.07) is 4.81. The number of nitrogens with zero attached hydrogens (tertiary/aromatic N) is 2. The van der Waals surface area contributed by atoms with Gasteiger partial charge in [0.25, 0.3) is 0 Å². The van der Waals surface area contributed by atoms with Gasteiger partial charge in [-0.1, -0.05) is 32.3 Å². The van der Waals surface area contributed by atoms with E-state index in [-0.39, 0.29) is 24.8 Å². The number of hydrogen-bond donors (Lipinski definition) is 1. The van der Waals surface area contributed by atoms with Gasteiger partial charge in [0.2, 0.25) is 0 Å². The normalized spacial score (nSPS) is 16.7. The van der Waals surface area contributed by atoms with Gasteiger partial charge in [0.15, 0.2) is 0 Å². The molecule has 0 unspecified atom stereocenters. The molecular weight excluding hydrogens is 373 g/mol. The van der Waals surface area contributed by atoms with Crippen LogP contribution in [-0.4, -0.2) is 36.1 Å². The molecule has 0 radical (unpaired) electrons. The van der Waals surface area contributed by atoms with E-state index in [0.717, 1.165) is 30.8 Å². The predicted octanol–water partition coefficient (Wildman–Crippen LogP) is 4.21. The van der Waals surface area contributed by atoms with Crippen LogP contribution >= 0.6 is 40.7 Å². The van der Waals surface area contributed by atoms with Gasteiger partial charge in [0.05, 0.1) is 0 Å². The Bertz CT molecular complexity index is 370. The molecule has 1 N–H and O–H groups in total. The molecule has 6 heteroatoms. The summed E-state index contributed by atoms with van der Waals surface area (Å²) in [6.45, 7) is 6.77. The van der Waals surface area contributed by atoms with Gasteiger partial charge < -0.3 is 5.32 Å². The van der Waals surface area contributed by atoms with Crippen LogP contribution in [0.3, 0.4) is 0 Å². The zero-order valence-electron chi connectivity index (χ0n) is 12.6. The first-order valence-corrected chi connectivity index (χ1v) is 8.16. The van der Waals surface area contributed by atoms with E-state index in [1.807, 2.05) is 6.20 Å². The van der Waals surface area contributed by atoms with Crippen LogP contribution in [-0.2, 0) is 0 Å². The molecule has 0 aliphatic carbocycles. The Hall–Kier alpha value is 0.130. The highest BCUT2D eigenvalue weighted by atomic mass is 79.9. The fourth-order valence-corrected chi connectivity index (χ4v) is 2.96. The van der Waals surface area contributed by atoms with Crippen molar-refractivity contribution in [1.82, 2.24) is 15.2 Å². The fourth-order valence-electron chi connectivity index (χ4n) is 2.73. The molecule has 3 nitrogen and oxygen atoms in total. The number of rotatable bonds is 6. The van der Waals surface area contributed by atoms with Crippen molar-refractivity contribution in [3.05, 3.63) is 28.5 Å². The van der Waals surface area contributed by atoms with Gasteiger partial charge in [-0.15, -0.1) is 24.8 Å². The summed E-state index contributed by atoms with van der Waals surface area (Å²) in [7, 11) is 0. The van der Waals surface area contributed by atoms with E-state index >= 15 is 0 Å². The molecule has 122 valence electrons. The zero-order chi connectivity index (χ0) is 13.5. The molecule has 21 heavy (non-hydrogen) atoms. The van der Waals surface area contributed by atoms with Gasteiger partial charge in [-0.2, -0.15) is 0 Å². The molecule has 1 atom stereocenters. The van der Waals surface area contributed by atoms with Crippen LogP contribution in [0.15, 0.2) is 22.9 Å². The third kappa shape index (κ3) is 6.83. The monoisotopic (exact) mass is 397 g/mol. The average molecular weight is 399 g/mol. The maximum atomic E-state index is 4.40.